The molecule has 0 atom stereocenters. The van der Waals surface area contributed by atoms with Gasteiger partial charge in [-0.25, -0.2) is 17.9 Å². The molecule has 1 aromatic carbocycles. The Hall–Kier alpha value is -1.44. The number of hydrogen-bond acceptors (Lipinski definition) is 4. The van der Waals surface area contributed by atoms with Crippen LogP contribution in [0.1, 0.15) is 29.8 Å². The van der Waals surface area contributed by atoms with Crippen molar-refractivity contribution in [1.82, 2.24) is 9.62 Å². The number of carboxylic acid groups (broad SMARTS) is 1. The van der Waals surface area contributed by atoms with Gasteiger partial charge in [0.2, 0.25) is 10.0 Å². The number of benzene rings is 1. The van der Waals surface area contributed by atoms with Crippen LogP contribution in [0.5, 0.6) is 0 Å². The number of aromatic carboxylic acids is 1. The van der Waals surface area contributed by atoms with Gasteiger partial charge in [-0.05, 0) is 30.8 Å². The zero-order valence-electron chi connectivity index (χ0n) is 12.4. The topological polar surface area (TPSA) is 86.7 Å². The highest BCUT2D eigenvalue weighted by Crippen LogP contribution is 2.07. The second kappa shape index (κ2) is 8.11. The van der Waals surface area contributed by atoms with Gasteiger partial charge in [0.15, 0.2) is 0 Å². The molecule has 6 nitrogen and oxygen atoms in total. The number of sulfonamides is 1. The molecule has 0 unspecified atom stereocenters. The second-order valence-corrected chi connectivity index (χ2v) is 6.49. The summed E-state index contributed by atoms with van der Waals surface area (Å²) in [6.07, 6.45) is 0. The summed E-state index contributed by atoms with van der Waals surface area (Å²) in [5.41, 5.74) is 0.709. The first kappa shape index (κ1) is 17.6. The van der Waals surface area contributed by atoms with E-state index in [9.17, 15) is 13.2 Å². The highest BCUT2D eigenvalue weighted by Gasteiger charge is 2.12. The average molecular weight is 314 g/mol. The summed E-state index contributed by atoms with van der Waals surface area (Å²) in [4.78, 5) is 12.9. The second-order valence-electron chi connectivity index (χ2n) is 4.68. The maximum Gasteiger partial charge on any atom is 0.335 e. The van der Waals surface area contributed by atoms with E-state index in [0.717, 1.165) is 13.1 Å². The number of nitrogens with one attached hydrogen (secondary N) is 1. The molecule has 0 aliphatic rings. The molecule has 1 aromatic rings. The van der Waals surface area contributed by atoms with E-state index < -0.39 is 16.0 Å². The van der Waals surface area contributed by atoms with Crippen LogP contribution >= 0.6 is 0 Å². The van der Waals surface area contributed by atoms with Gasteiger partial charge in [0.25, 0.3) is 0 Å². The predicted molar refractivity (Wildman–Crippen MR) is 81.8 cm³/mol. The molecule has 0 aliphatic carbocycles. The molecule has 21 heavy (non-hydrogen) atoms. The van der Waals surface area contributed by atoms with Gasteiger partial charge >= 0.3 is 5.97 Å². The normalized spacial score (nSPS) is 11.8. The van der Waals surface area contributed by atoms with Gasteiger partial charge in [-0.3, -0.25) is 0 Å². The maximum atomic E-state index is 11.9. The molecule has 7 heteroatoms. The quantitative estimate of drug-likeness (QED) is 0.714. The Morgan fingerprint density at radius 3 is 2.24 bits per heavy atom. The van der Waals surface area contributed by atoms with Crippen molar-refractivity contribution in [3.05, 3.63) is 35.4 Å². The number of rotatable bonds is 9. The van der Waals surface area contributed by atoms with Gasteiger partial charge in [0, 0.05) is 13.1 Å². The predicted octanol–water partition coefficient (Wildman–Crippen LogP) is 1.15. The standard InChI is InChI=1S/C14H22N2O4S/c1-3-16(4-2)10-9-15-21(19,20)11-12-5-7-13(8-6-12)14(17)18/h5-8,15H,3-4,9-11H2,1-2H3,(H,17,18). The number of likely N-dealkylation sites (N-methyl/N-ethyl adjacent to an activating group) is 1. The summed E-state index contributed by atoms with van der Waals surface area (Å²) in [5.74, 6) is -1.17. The lowest BCUT2D eigenvalue weighted by Gasteiger charge is -2.18. The maximum absolute atomic E-state index is 11.9. The minimum atomic E-state index is -3.40. The molecule has 0 heterocycles. The number of nitrogens with zero attached hydrogens (tertiary/aromatic N) is 1. The van der Waals surface area contributed by atoms with Crippen LogP contribution in [0, 0.1) is 0 Å². The summed E-state index contributed by atoms with van der Waals surface area (Å²) in [5, 5.41) is 8.79. The lowest BCUT2D eigenvalue weighted by Crippen LogP contribution is -2.35. The molecular formula is C14H22N2O4S. The third kappa shape index (κ3) is 6.24. The van der Waals surface area contributed by atoms with E-state index in [1.54, 1.807) is 0 Å². The van der Waals surface area contributed by atoms with Crippen LogP contribution in [-0.2, 0) is 15.8 Å². The molecule has 118 valence electrons. The fraction of sp³-hybridized carbons (Fsp3) is 0.500. The van der Waals surface area contributed by atoms with E-state index in [1.807, 2.05) is 13.8 Å². The van der Waals surface area contributed by atoms with Crippen molar-refractivity contribution in [3.63, 3.8) is 0 Å². The van der Waals surface area contributed by atoms with Gasteiger partial charge < -0.3 is 10.0 Å². The first-order chi connectivity index (χ1) is 9.88. The Labute approximate surface area is 125 Å². The average Bonchev–Trinajstić information content (AvgIpc) is 2.43. The largest absolute Gasteiger partial charge is 0.478 e. The Balaban J connectivity index is 2.54. The van der Waals surface area contributed by atoms with E-state index in [4.69, 9.17) is 5.11 Å². The van der Waals surface area contributed by atoms with Gasteiger partial charge in [-0.2, -0.15) is 0 Å². The highest BCUT2D eigenvalue weighted by atomic mass is 32.2. The van der Waals surface area contributed by atoms with E-state index in [1.165, 1.54) is 24.3 Å². The molecule has 0 spiro atoms. The summed E-state index contributed by atoms with van der Waals surface area (Å²) in [7, 11) is -3.40. The first-order valence-electron chi connectivity index (χ1n) is 6.90. The monoisotopic (exact) mass is 314 g/mol. The smallest absolute Gasteiger partial charge is 0.335 e. The minimum absolute atomic E-state index is 0.144. The minimum Gasteiger partial charge on any atom is -0.478 e. The van der Waals surface area contributed by atoms with E-state index in [0.29, 0.717) is 18.7 Å². The molecule has 0 fully saturated rings. The van der Waals surface area contributed by atoms with Gasteiger partial charge in [0.1, 0.15) is 0 Å². The summed E-state index contributed by atoms with van der Waals surface area (Å²) in [6.45, 7) is 6.87. The zero-order chi connectivity index (χ0) is 15.9. The van der Waals surface area contributed by atoms with E-state index in [-0.39, 0.29) is 11.3 Å². The van der Waals surface area contributed by atoms with Crippen LogP contribution < -0.4 is 4.72 Å². The molecule has 2 N–H and O–H groups in total. The molecule has 0 amide bonds. The zero-order valence-corrected chi connectivity index (χ0v) is 13.2. The van der Waals surface area contributed by atoms with Gasteiger partial charge in [0.05, 0.1) is 11.3 Å². The van der Waals surface area contributed by atoms with Crippen molar-refractivity contribution in [2.75, 3.05) is 26.2 Å². The van der Waals surface area contributed by atoms with E-state index >= 15 is 0 Å². The van der Waals surface area contributed by atoms with Crippen molar-refractivity contribution in [2.24, 2.45) is 0 Å². The van der Waals surface area contributed by atoms with Crippen molar-refractivity contribution >= 4 is 16.0 Å². The SMILES string of the molecule is CCN(CC)CCNS(=O)(=O)Cc1ccc(C(=O)O)cc1. The first-order valence-corrected chi connectivity index (χ1v) is 8.55. The number of carboxylic acids is 1. The van der Waals surface area contributed by atoms with Crippen LogP contribution in [0.2, 0.25) is 0 Å². The number of hydrogen-bond donors (Lipinski definition) is 2. The fourth-order valence-corrected chi connectivity index (χ4v) is 3.05. The summed E-state index contributed by atoms with van der Waals surface area (Å²) < 4.78 is 26.4. The van der Waals surface area contributed by atoms with Crippen LogP contribution in [0.15, 0.2) is 24.3 Å². The molecule has 0 radical (unpaired) electrons. The number of carbonyl (C=O) groups is 1. The van der Waals surface area contributed by atoms with Gasteiger partial charge in [-0.15, -0.1) is 0 Å². The van der Waals surface area contributed by atoms with E-state index in [2.05, 4.69) is 9.62 Å². The van der Waals surface area contributed by atoms with Crippen LogP contribution in [0.25, 0.3) is 0 Å². The van der Waals surface area contributed by atoms with Crippen molar-refractivity contribution in [2.45, 2.75) is 19.6 Å². The molecule has 0 bridgehead atoms. The lowest BCUT2D eigenvalue weighted by atomic mass is 10.1. The molecule has 0 aliphatic heterocycles. The van der Waals surface area contributed by atoms with Gasteiger partial charge in [-0.1, -0.05) is 26.0 Å². The molecule has 1 rings (SSSR count). The fourth-order valence-electron chi connectivity index (χ4n) is 1.91. The molecule has 0 saturated heterocycles. The van der Waals surface area contributed by atoms with Crippen LogP contribution in [0.4, 0.5) is 0 Å². The molecule has 0 saturated carbocycles. The molecular weight excluding hydrogens is 292 g/mol. The van der Waals surface area contributed by atoms with Crippen molar-refractivity contribution in [1.29, 1.82) is 0 Å². The Morgan fingerprint density at radius 1 is 1.19 bits per heavy atom. The Bertz CT molecular complexity index is 551. The Morgan fingerprint density at radius 2 is 1.76 bits per heavy atom. The third-order valence-electron chi connectivity index (χ3n) is 3.20. The summed E-state index contributed by atoms with van der Waals surface area (Å²) >= 11 is 0. The summed E-state index contributed by atoms with van der Waals surface area (Å²) in [6, 6.07) is 5.85. The highest BCUT2D eigenvalue weighted by molar-refractivity contribution is 7.88. The van der Waals surface area contributed by atoms with Crippen LogP contribution in [-0.4, -0.2) is 50.6 Å². The third-order valence-corrected chi connectivity index (χ3v) is 4.56. The van der Waals surface area contributed by atoms with Crippen molar-refractivity contribution in [3.8, 4) is 0 Å². The Kier molecular flexibility index (Phi) is 6.80. The molecule has 0 aromatic heterocycles. The van der Waals surface area contributed by atoms with Crippen LogP contribution in [0.3, 0.4) is 0 Å². The lowest BCUT2D eigenvalue weighted by molar-refractivity contribution is 0.0697. The van der Waals surface area contributed by atoms with Crippen molar-refractivity contribution < 1.29 is 18.3 Å².